The Morgan fingerprint density at radius 3 is 2.43 bits per heavy atom. The lowest BCUT2D eigenvalue weighted by Gasteiger charge is -2.20. The first kappa shape index (κ1) is 14.2. The smallest absolute Gasteiger partial charge is 0.277 e. The summed E-state index contributed by atoms with van der Waals surface area (Å²) < 4.78 is 27.3. The minimum atomic E-state index is -3.42. The molecule has 2 atom stereocenters. The van der Waals surface area contributed by atoms with Gasteiger partial charge in [-0.1, -0.05) is 6.92 Å². The average molecular weight is 242 g/mol. The minimum absolute atomic E-state index is 0.0447. The first-order chi connectivity index (χ1) is 6.46. The summed E-state index contributed by atoms with van der Waals surface area (Å²) in [6, 6.07) is -0.293. The molecule has 0 aromatic heterocycles. The molecular weight excluding hydrogens is 224 g/mol. The van der Waals surface area contributed by atoms with Gasteiger partial charge in [0.1, 0.15) is 0 Å². The van der Waals surface area contributed by atoms with Gasteiger partial charge in [-0.25, -0.2) is 4.72 Å². The second kappa shape index (κ2) is 6.62. The van der Waals surface area contributed by atoms with Crippen molar-refractivity contribution >= 4 is 22.0 Å². The van der Waals surface area contributed by atoms with Crippen LogP contribution in [-0.4, -0.2) is 44.2 Å². The molecule has 3 N–H and O–H groups in total. The number of thioether (sulfide) groups is 1. The van der Waals surface area contributed by atoms with Gasteiger partial charge in [0.25, 0.3) is 10.2 Å². The van der Waals surface area contributed by atoms with Crippen LogP contribution < -0.4 is 9.44 Å². The van der Waals surface area contributed by atoms with Crippen LogP contribution in [0.25, 0.3) is 0 Å². The fourth-order valence-corrected chi connectivity index (χ4v) is 2.82. The summed E-state index contributed by atoms with van der Waals surface area (Å²) in [5.41, 5.74) is 0. The predicted octanol–water partition coefficient (Wildman–Crippen LogP) is -0.457. The first-order valence-corrected chi connectivity index (χ1v) is 7.14. The van der Waals surface area contributed by atoms with Crippen LogP contribution in [0.15, 0.2) is 0 Å². The molecule has 14 heavy (non-hydrogen) atoms. The Hall–Kier alpha value is 0.180. The fourth-order valence-electron chi connectivity index (χ4n) is 0.989. The molecule has 86 valence electrons. The van der Waals surface area contributed by atoms with E-state index in [1.54, 1.807) is 13.8 Å². The highest BCUT2D eigenvalue weighted by molar-refractivity contribution is 7.99. The van der Waals surface area contributed by atoms with Crippen molar-refractivity contribution in [2.24, 2.45) is 0 Å². The molecule has 0 rings (SSSR count). The Kier molecular flexibility index (Phi) is 6.71. The third-order valence-electron chi connectivity index (χ3n) is 1.72. The van der Waals surface area contributed by atoms with Crippen LogP contribution in [-0.2, 0) is 10.2 Å². The van der Waals surface area contributed by atoms with Gasteiger partial charge in [-0.2, -0.15) is 24.9 Å². The van der Waals surface area contributed by atoms with Crippen molar-refractivity contribution in [2.75, 3.05) is 19.4 Å². The van der Waals surface area contributed by atoms with Gasteiger partial charge in [-0.15, -0.1) is 0 Å². The molecule has 0 aromatic rings. The topological polar surface area (TPSA) is 78.4 Å². The van der Waals surface area contributed by atoms with Crippen LogP contribution in [0.2, 0.25) is 0 Å². The molecule has 2 unspecified atom stereocenters. The molecule has 0 aromatic carbocycles. The van der Waals surface area contributed by atoms with E-state index >= 15 is 0 Å². The van der Waals surface area contributed by atoms with Crippen LogP contribution in [0.5, 0.6) is 0 Å². The highest BCUT2D eigenvalue weighted by Gasteiger charge is 2.20. The summed E-state index contributed by atoms with van der Waals surface area (Å²) in [5.74, 6) is 0. The number of hydrogen-bond donors (Lipinski definition) is 3. The lowest BCUT2D eigenvalue weighted by molar-refractivity contribution is 0.282. The van der Waals surface area contributed by atoms with Crippen LogP contribution in [0.3, 0.4) is 0 Å². The van der Waals surface area contributed by atoms with Gasteiger partial charge >= 0.3 is 0 Å². The summed E-state index contributed by atoms with van der Waals surface area (Å²) in [7, 11) is -3.42. The molecule has 0 amide bonds. The lowest BCUT2D eigenvalue weighted by atomic mass is 10.3. The monoisotopic (exact) mass is 242 g/mol. The van der Waals surface area contributed by atoms with Crippen molar-refractivity contribution in [1.29, 1.82) is 0 Å². The summed E-state index contributed by atoms with van der Waals surface area (Å²) in [6.07, 6.45) is 1.83. The summed E-state index contributed by atoms with van der Waals surface area (Å²) in [5, 5.41) is 8.83. The Morgan fingerprint density at radius 2 is 2.07 bits per heavy atom. The van der Waals surface area contributed by atoms with E-state index in [0.717, 1.165) is 0 Å². The van der Waals surface area contributed by atoms with Crippen molar-refractivity contribution in [3.63, 3.8) is 0 Å². The molecular formula is C7H18N2O3S2. The van der Waals surface area contributed by atoms with E-state index in [1.807, 2.05) is 6.26 Å². The largest absolute Gasteiger partial charge is 0.395 e. The van der Waals surface area contributed by atoms with Gasteiger partial charge in [0.15, 0.2) is 0 Å². The average Bonchev–Trinajstić information content (AvgIpc) is 2.04. The maximum absolute atomic E-state index is 11.3. The Morgan fingerprint density at radius 1 is 1.50 bits per heavy atom. The molecule has 0 aliphatic heterocycles. The van der Waals surface area contributed by atoms with Crippen molar-refractivity contribution in [2.45, 2.75) is 25.1 Å². The number of nitrogens with one attached hydrogen (secondary N) is 2. The van der Waals surface area contributed by atoms with Gasteiger partial charge in [-0.05, 0) is 13.2 Å². The molecule has 7 heteroatoms. The maximum atomic E-state index is 11.3. The standard InChI is InChI=1S/C7H18N2O3S2/c1-4-8-14(11,12)9-6(2)7(5-10)13-3/h6-10H,4-5H2,1-3H3. The third kappa shape index (κ3) is 5.16. The minimum Gasteiger partial charge on any atom is -0.395 e. The van der Waals surface area contributed by atoms with Gasteiger partial charge in [-0.3, -0.25) is 0 Å². The van der Waals surface area contributed by atoms with Crippen molar-refractivity contribution in [3.05, 3.63) is 0 Å². The van der Waals surface area contributed by atoms with Gasteiger partial charge < -0.3 is 5.11 Å². The first-order valence-electron chi connectivity index (χ1n) is 4.37. The Labute approximate surface area is 89.8 Å². The predicted molar refractivity (Wildman–Crippen MR) is 59.6 cm³/mol. The summed E-state index contributed by atoms with van der Waals surface area (Å²) in [4.78, 5) is 0. The molecule has 0 fully saturated rings. The van der Waals surface area contributed by atoms with Crippen LogP contribution in [0, 0.1) is 0 Å². The molecule has 5 nitrogen and oxygen atoms in total. The molecule has 0 aliphatic carbocycles. The molecule has 0 saturated carbocycles. The van der Waals surface area contributed by atoms with Crippen molar-refractivity contribution < 1.29 is 13.5 Å². The van der Waals surface area contributed by atoms with Crippen molar-refractivity contribution in [1.82, 2.24) is 9.44 Å². The van der Waals surface area contributed by atoms with E-state index in [4.69, 9.17) is 5.11 Å². The zero-order valence-electron chi connectivity index (χ0n) is 8.65. The third-order valence-corrected chi connectivity index (χ3v) is 4.23. The Balaban J connectivity index is 4.22. The van der Waals surface area contributed by atoms with Crippen LogP contribution in [0.4, 0.5) is 0 Å². The van der Waals surface area contributed by atoms with Gasteiger partial charge in [0.2, 0.25) is 0 Å². The fraction of sp³-hybridized carbons (Fsp3) is 1.00. The summed E-state index contributed by atoms with van der Waals surface area (Å²) in [6.45, 7) is 3.75. The molecule has 0 spiro atoms. The lowest BCUT2D eigenvalue weighted by Crippen LogP contribution is -2.46. The molecule has 0 aliphatic rings. The van der Waals surface area contributed by atoms with E-state index in [-0.39, 0.29) is 17.9 Å². The normalized spacial score (nSPS) is 16.6. The highest BCUT2D eigenvalue weighted by Crippen LogP contribution is 2.10. The molecule has 0 saturated heterocycles. The molecule has 0 heterocycles. The molecule has 0 bridgehead atoms. The van der Waals surface area contributed by atoms with Gasteiger partial charge in [0, 0.05) is 17.8 Å². The zero-order chi connectivity index (χ0) is 11.2. The Bertz CT molecular complexity index is 239. The number of rotatable bonds is 7. The number of aliphatic hydroxyl groups is 1. The van der Waals surface area contributed by atoms with E-state index in [9.17, 15) is 8.42 Å². The second-order valence-corrected chi connectivity index (χ2v) is 5.47. The van der Waals surface area contributed by atoms with E-state index in [0.29, 0.717) is 6.54 Å². The van der Waals surface area contributed by atoms with Crippen LogP contribution in [0.1, 0.15) is 13.8 Å². The van der Waals surface area contributed by atoms with Crippen LogP contribution >= 0.6 is 11.8 Å². The number of hydrogen-bond acceptors (Lipinski definition) is 4. The quantitative estimate of drug-likeness (QED) is 0.565. The van der Waals surface area contributed by atoms with Crippen molar-refractivity contribution in [3.8, 4) is 0 Å². The van der Waals surface area contributed by atoms with E-state index in [1.165, 1.54) is 11.8 Å². The second-order valence-electron chi connectivity index (χ2n) is 2.86. The maximum Gasteiger partial charge on any atom is 0.277 e. The highest BCUT2D eigenvalue weighted by atomic mass is 32.2. The van der Waals surface area contributed by atoms with E-state index in [2.05, 4.69) is 9.44 Å². The zero-order valence-corrected chi connectivity index (χ0v) is 10.3. The SMILES string of the molecule is CCNS(=O)(=O)NC(C)C(CO)SC. The number of aliphatic hydroxyl groups excluding tert-OH is 1. The van der Waals surface area contributed by atoms with Gasteiger partial charge in [0.05, 0.1) is 6.61 Å². The molecule has 0 radical (unpaired) electrons. The van der Waals surface area contributed by atoms with E-state index < -0.39 is 10.2 Å². The summed E-state index contributed by atoms with van der Waals surface area (Å²) >= 11 is 1.43.